The van der Waals surface area contributed by atoms with Crippen LogP contribution in [0.15, 0.2) is 48.7 Å². The Morgan fingerprint density at radius 1 is 1.13 bits per heavy atom. The highest BCUT2D eigenvalue weighted by Gasteiger charge is 2.36. The predicted octanol–water partition coefficient (Wildman–Crippen LogP) is 5.52. The van der Waals surface area contributed by atoms with E-state index in [1.165, 1.54) is 24.1 Å². The van der Waals surface area contributed by atoms with Gasteiger partial charge in [-0.05, 0) is 75.8 Å². The van der Waals surface area contributed by atoms with Gasteiger partial charge in [0.05, 0.1) is 24.3 Å². The van der Waals surface area contributed by atoms with Gasteiger partial charge in [0.2, 0.25) is 0 Å². The molecule has 0 unspecified atom stereocenters. The molecule has 1 aliphatic rings. The Labute approximate surface area is 221 Å². The van der Waals surface area contributed by atoms with E-state index in [1.54, 1.807) is 31.9 Å². The van der Waals surface area contributed by atoms with Crippen molar-refractivity contribution in [2.75, 3.05) is 25.1 Å². The van der Waals surface area contributed by atoms with Gasteiger partial charge in [-0.15, -0.1) is 0 Å². The third kappa shape index (κ3) is 5.61. The van der Waals surface area contributed by atoms with Crippen molar-refractivity contribution >= 4 is 34.6 Å². The predicted molar refractivity (Wildman–Crippen MR) is 142 cm³/mol. The number of carbonyl (C=O) groups is 3. The first kappa shape index (κ1) is 27.0. The van der Waals surface area contributed by atoms with Gasteiger partial charge in [0.25, 0.3) is 5.91 Å². The fourth-order valence-corrected chi connectivity index (χ4v) is 4.73. The number of carbonyl (C=O) groups excluding carboxylic acids is 3. The first-order chi connectivity index (χ1) is 18.0. The lowest BCUT2D eigenvalue weighted by atomic mass is 10.00. The lowest BCUT2D eigenvalue weighted by Crippen LogP contribution is -2.53. The topological polar surface area (TPSA) is 89.0 Å². The highest BCUT2D eigenvalue weighted by molar-refractivity contribution is 6.11. The molecule has 0 bridgehead atoms. The molecule has 0 saturated carbocycles. The van der Waals surface area contributed by atoms with E-state index in [9.17, 15) is 14.4 Å². The summed E-state index contributed by atoms with van der Waals surface area (Å²) in [7, 11) is 1.20. The first-order valence-electron chi connectivity index (χ1n) is 12.5. The van der Waals surface area contributed by atoms with Gasteiger partial charge < -0.3 is 14.4 Å². The van der Waals surface area contributed by atoms with Gasteiger partial charge in [0.15, 0.2) is 0 Å². The minimum absolute atomic E-state index is 0.000924. The SMILES string of the molecule is COC(=O)c1ccc(C(=O)N(c2nccc3cccc(C)c23)[C@@H]2CCCN(C(=O)OC(C)(C)C)C2)c(F)c1. The summed E-state index contributed by atoms with van der Waals surface area (Å²) in [5.74, 6) is -1.78. The fraction of sp³-hybridized carbons (Fsp3) is 0.379. The molecule has 1 aromatic heterocycles. The minimum Gasteiger partial charge on any atom is -0.465 e. The van der Waals surface area contributed by atoms with Crippen molar-refractivity contribution < 1.29 is 28.2 Å². The quantitative estimate of drug-likeness (QED) is 0.421. The van der Waals surface area contributed by atoms with Crippen molar-refractivity contribution in [3.8, 4) is 0 Å². The van der Waals surface area contributed by atoms with Crippen LogP contribution < -0.4 is 4.90 Å². The summed E-state index contributed by atoms with van der Waals surface area (Å²) in [4.78, 5) is 46.5. The minimum atomic E-state index is -0.848. The van der Waals surface area contributed by atoms with E-state index < -0.39 is 35.4 Å². The molecule has 0 spiro atoms. The molecule has 0 aliphatic carbocycles. The van der Waals surface area contributed by atoms with Crippen LogP contribution in [0, 0.1) is 12.7 Å². The molecule has 1 saturated heterocycles. The lowest BCUT2D eigenvalue weighted by molar-refractivity contribution is 0.0195. The number of aromatic nitrogens is 1. The van der Waals surface area contributed by atoms with Gasteiger partial charge in [-0.3, -0.25) is 9.69 Å². The zero-order valence-electron chi connectivity index (χ0n) is 22.3. The van der Waals surface area contributed by atoms with Crippen molar-refractivity contribution in [2.24, 2.45) is 0 Å². The van der Waals surface area contributed by atoms with Crippen molar-refractivity contribution in [1.29, 1.82) is 0 Å². The van der Waals surface area contributed by atoms with E-state index in [4.69, 9.17) is 4.74 Å². The average Bonchev–Trinajstić information content (AvgIpc) is 2.87. The van der Waals surface area contributed by atoms with Crippen LogP contribution in [0.2, 0.25) is 0 Å². The number of halogens is 1. The molecule has 1 atom stereocenters. The second kappa shape index (κ2) is 10.8. The summed E-state index contributed by atoms with van der Waals surface area (Å²) < 4.78 is 25.5. The van der Waals surface area contributed by atoms with Crippen LogP contribution in [0.25, 0.3) is 10.8 Å². The number of nitrogens with zero attached hydrogens (tertiary/aromatic N) is 3. The molecular formula is C29H32FN3O5. The Balaban J connectivity index is 1.80. The van der Waals surface area contributed by atoms with Gasteiger partial charge in [-0.25, -0.2) is 19.0 Å². The molecule has 1 fully saturated rings. The molecule has 0 radical (unpaired) electrons. The van der Waals surface area contributed by atoms with Crippen LogP contribution in [-0.2, 0) is 9.47 Å². The maximum atomic E-state index is 15.3. The van der Waals surface area contributed by atoms with E-state index in [2.05, 4.69) is 9.72 Å². The smallest absolute Gasteiger partial charge is 0.410 e. The monoisotopic (exact) mass is 521 g/mol. The second-order valence-corrected chi connectivity index (χ2v) is 10.4. The second-order valence-electron chi connectivity index (χ2n) is 10.4. The number of methoxy groups -OCH3 is 1. The Morgan fingerprint density at radius 3 is 2.58 bits per heavy atom. The summed E-state index contributed by atoms with van der Waals surface area (Å²) in [6, 6.07) is 10.8. The maximum absolute atomic E-state index is 15.3. The molecule has 2 aromatic carbocycles. The van der Waals surface area contributed by atoms with E-state index in [0.29, 0.717) is 25.2 Å². The zero-order valence-corrected chi connectivity index (χ0v) is 22.3. The van der Waals surface area contributed by atoms with Gasteiger partial charge >= 0.3 is 12.1 Å². The van der Waals surface area contributed by atoms with Gasteiger partial charge in [-0.1, -0.05) is 18.2 Å². The normalized spacial score (nSPS) is 15.7. The van der Waals surface area contributed by atoms with Crippen molar-refractivity contribution in [1.82, 2.24) is 9.88 Å². The molecule has 2 amide bonds. The number of hydrogen-bond acceptors (Lipinski definition) is 6. The molecule has 3 aromatic rings. The number of esters is 1. The van der Waals surface area contributed by atoms with Crippen molar-refractivity contribution in [3.63, 3.8) is 0 Å². The van der Waals surface area contributed by atoms with Crippen LogP contribution in [0.5, 0.6) is 0 Å². The molecule has 8 nitrogen and oxygen atoms in total. The van der Waals surface area contributed by atoms with Crippen LogP contribution in [0.1, 0.15) is 59.9 Å². The number of benzene rings is 2. The summed E-state index contributed by atoms with van der Waals surface area (Å²) in [6.07, 6.45) is 2.35. The standard InChI is InChI=1S/C29H32FN3O5/c1-18-8-6-9-19-13-14-31-25(24(18)19)33(21-10-7-15-32(17-21)28(36)38-29(2,3)4)26(34)22-12-11-20(16-23(22)30)27(35)37-5/h6,8-9,11-14,16,21H,7,10,15,17H2,1-5H3/t21-/m1/s1. The Bertz CT molecular complexity index is 1380. The first-order valence-corrected chi connectivity index (χ1v) is 12.5. The number of anilines is 1. The lowest BCUT2D eigenvalue weighted by Gasteiger charge is -2.39. The third-order valence-electron chi connectivity index (χ3n) is 6.46. The van der Waals surface area contributed by atoms with E-state index in [1.807, 2.05) is 31.2 Å². The van der Waals surface area contributed by atoms with Crippen LogP contribution in [0.4, 0.5) is 15.0 Å². The number of amides is 2. The fourth-order valence-electron chi connectivity index (χ4n) is 4.73. The van der Waals surface area contributed by atoms with Crippen LogP contribution >= 0.6 is 0 Å². The van der Waals surface area contributed by atoms with Gasteiger partial charge in [0, 0.05) is 24.7 Å². The molecule has 1 aliphatic heterocycles. The van der Waals surface area contributed by atoms with E-state index in [0.717, 1.165) is 22.4 Å². The Morgan fingerprint density at radius 2 is 1.89 bits per heavy atom. The zero-order chi connectivity index (χ0) is 27.6. The number of ether oxygens (including phenoxy) is 2. The van der Waals surface area contributed by atoms with E-state index >= 15 is 4.39 Å². The van der Waals surface area contributed by atoms with Crippen molar-refractivity contribution in [3.05, 3.63) is 71.2 Å². The molecule has 0 N–H and O–H groups in total. The number of rotatable bonds is 4. The maximum Gasteiger partial charge on any atom is 0.410 e. The molecule has 2 heterocycles. The number of aryl methyl sites for hydroxylation is 1. The average molecular weight is 522 g/mol. The highest BCUT2D eigenvalue weighted by atomic mass is 19.1. The largest absolute Gasteiger partial charge is 0.465 e. The number of piperidine rings is 1. The summed E-state index contributed by atoms with van der Waals surface area (Å²) in [6.45, 7) is 8.00. The van der Waals surface area contributed by atoms with Gasteiger partial charge in [0.1, 0.15) is 17.2 Å². The number of fused-ring (bicyclic) bond motifs is 1. The molecular weight excluding hydrogens is 489 g/mol. The number of hydrogen-bond donors (Lipinski definition) is 0. The highest BCUT2D eigenvalue weighted by Crippen LogP contribution is 2.33. The summed E-state index contributed by atoms with van der Waals surface area (Å²) in [5.41, 5.74) is 0.0309. The molecule has 38 heavy (non-hydrogen) atoms. The summed E-state index contributed by atoms with van der Waals surface area (Å²) >= 11 is 0. The molecule has 200 valence electrons. The number of pyridine rings is 1. The van der Waals surface area contributed by atoms with Crippen molar-refractivity contribution in [2.45, 2.75) is 52.2 Å². The third-order valence-corrected chi connectivity index (χ3v) is 6.46. The summed E-state index contributed by atoms with van der Waals surface area (Å²) in [5, 5.41) is 1.65. The van der Waals surface area contributed by atoms with E-state index in [-0.39, 0.29) is 17.7 Å². The molecule has 4 rings (SSSR count). The Kier molecular flexibility index (Phi) is 7.66. The van der Waals surface area contributed by atoms with Crippen LogP contribution in [0.3, 0.4) is 0 Å². The number of likely N-dealkylation sites (tertiary alicyclic amines) is 1. The molecule has 9 heteroatoms. The Hall–Kier alpha value is -4.01. The van der Waals surface area contributed by atoms with Crippen LogP contribution in [-0.4, -0.2) is 59.7 Å². The van der Waals surface area contributed by atoms with Gasteiger partial charge in [-0.2, -0.15) is 0 Å².